The van der Waals surface area contributed by atoms with Crippen LogP contribution in [0.2, 0.25) is 5.02 Å². The van der Waals surface area contributed by atoms with Gasteiger partial charge in [0, 0.05) is 48.5 Å². The summed E-state index contributed by atoms with van der Waals surface area (Å²) in [5.41, 5.74) is 6.89. The second kappa shape index (κ2) is 11.7. The number of aryl methyl sites for hydroxylation is 1. The molecule has 0 bridgehead atoms. The van der Waals surface area contributed by atoms with Crippen LogP contribution in [0.5, 0.6) is 5.88 Å². The second-order valence-electron chi connectivity index (χ2n) is 9.86. The highest BCUT2D eigenvalue weighted by Gasteiger charge is 2.25. The number of halogens is 1. The van der Waals surface area contributed by atoms with E-state index in [-0.39, 0.29) is 5.91 Å². The maximum absolute atomic E-state index is 12.7. The highest BCUT2D eigenvalue weighted by atomic mass is 35.5. The lowest BCUT2D eigenvalue weighted by Crippen LogP contribution is -2.11. The minimum atomic E-state index is -0.458. The average molecular weight is 565 g/mol. The van der Waals surface area contributed by atoms with Gasteiger partial charge in [0.1, 0.15) is 5.69 Å². The van der Waals surface area contributed by atoms with Crippen LogP contribution in [0.3, 0.4) is 0 Å². The van der Waals surface area contributed by atoms with E-state index in [2.05, 4.69) is 5.32 Å². The highest BCUT2D eigenvalue weighted by Crippen LogP contribution is 2.42. The molecule has 4 aromatic carbocycles. The standard InChI is InChI=1S/C33H29ClN4O3/c1-21-7-5-10-29(19-21)38-33(41-22(2)39)30(31(36-38)25-8-6-9-28(20-25)37(3)4)23-13-17-27(18-14-23)35-32(40)24-11-15-26(34)16-12-24/h5-20H,1-4H3,(H,35,40). The van der Waals surface area contributed by atoms with Crippen molar-refractivity contribution in [3.8, 4) is 34.0 Å². The first-order valence-corrected chi connectivity index (χ1v) is 13.4. The smallest absolute Gasteiger partial charge is 0.309 e. The van der Waals surface area contributed by atoms with Gasteiger partial charge in [-0.15, -0.1) is 0 Å². The van der Waals surface area contributed by atoms with Gasteiger partial charge >= 0.3 is 5.97 Å². The summed E-state index contributed by atoms with van der Waals surface area (Å²) >= 11 is 5.95. The zero-order valence-corrected chi connectivity index (χ0v) is 23.9. The van der Waals surface area contributed by atoms with E-state index in [9.17, 15) is 9.59 Å². The van der Waals surface area contributed by atoms with Crippen LogP contribution in [0.1, 0.15) is 22.8 Å². The van der Waals surface area contributed by atoms with Gasteiger partial charge in [0.25, 0.3) is 5.91 Å². The molecule has 1 amide bonds. The summed E-state index contributed by atoms with van der Waals surface area (Å²) < 4.78 is 7.50. The van der Waals surface area contributed by atoms with Gasteiger partial charge in [0.05, 0.1) is 11.3 Å². The van der Waals surface area contributed by atoms with Crippen LogP contribution < -0.4 is 15.0 Å². The van der Waals surface area contributed by atoms with Crippen LogP contribution in [-0.4, -0.2) is 35.8 Å². The molecule has 1 aromatic heterocycles. The van der Waals surface area contributed by atoms with Crippen molar-refractivity contribution in [2.45, 2.75) is 13.8 Å². The second-order valence-corrected chi connectivity index (χ2v) is 10.3. The number of aromatic nitrogens is 2. The Kier molecular flexibility index (Phi) is 7.90. The molecule has 0 radical (unpaired) electrons. The number of hydrogen-bond donors (Lipinski definition) is 1. The molecule has 1 N–H and O–H groups in total. The Labute approximate surface area is 244 Å². The number of ether oxygens (including phenoxy) is 1. The van der Waals surface area contributed by atoms with E-state index in [1.807, 2.05) is 98.7 Å². The summed E-state index contributed by atoms with van der Waals surface area (Å²) in [6, 6.07) is 29.9. The van der Waals surface area contributed by atoms with Crippen molar-refractivity contribution >= 4 is 34.9 Å². The topological polar surface area (TPSA) is 76.5 Å². The number of carbonyl (C=O) groups is 2. The van der Waals surface area contributed by atoms with Gasteiger partial charge in [0.15, 0.2) is 0 Å². The Morgan fingerprint density at radius 1 is 0.878 bits per heavy atom. The minimum absolute atomic E-state index is 0.247. The number of nitrogens with one attached hydrogen (secondary N) is 1. The lowest BCUT2D eigenvalue weighted by molar-refractivity contribution is -0.132. The molecule has 0 aliphatic rings. The van der Waals surface area contributed by atoms with Crippen LogP contribution in [-0.2, 0) is 4.79 Å². The van der Waals surface area contributed by atoms with Crippen molar-refractivity contribution in [1.82, 2.24) is 9.78 Å². The van der Waals surface area contributed by atoms with Gasteiger partial charge in [-0.25, -0.2) is 0 Å². The molecule has 7 nitrogen and oxygen atoms in total. The molecule has 1 heterocycles. The Morgan fingerprint density at radius 2 is 1.59 bits per heavy atom. The van der Waals surface area contributed by atoms with E-state index < -0.39 is 5.97 Å². The van der Waals surface area contributed by atoms with Crippen molar-refractivity contribution in [2.75, 3.05) is 24.3 Å². The zero-order chi connectivity index (χ0) is 29.1. The van der Waals surface area contributed by atoms with Crippen LogP contribution in [0.15, 0.2) is 97.1 Å². The summed E-state index contributed by atoms with van der Waals surface area (Å²) in [4.78, 5) is 27.1. The predicted molar refractivity (Wildman–Crippen MR) is 164 cm³/mol. The number of hydrogen-bond acceptors (Lipinski definition) is 5. The number of amides is 1. The fourth-order valence-electron chi connectivity index (χ4n) is 4.49. The molecule has 0 fully saturated rings. The Morgan fingerprint density at radius 3 is 2.24 bits per heavy atom. The van der Waals surface area contributed by atoms with E-state index in [0.717, 1.165) is 28.1 Å². The van der Waals surface area contributed by atoms with Gasteiger partial charge < -0.3 is 15.0 Å². The normalized spacial score (nSPS) is 10.8. The molecular formula is C33H29ClN4O3. The monoisotopic (exact) mass is 564 g/mol. The number of benzene rings is 4. The van der Waals surface area contributed by atoms with E-state index in [1.165, 1.54) is 6.92 Å². The maximum Gasteiger partial charge on any atom is 0.309 e. The molecule has 0 atom stereocenters. The number of esters is 1. The van der Waals surface area contributed by atoms with Crippen LogP contribution in [0.25, 0.3) is 28.1 Å². The molecule has 0 saturated heterocycles. The zero-order valence-electron chi connectivity index (χ0n) is 23.2. The van der Waals surface area contributed by atoms with E-state index in [1.54, 1.807) is 28.9 Å². The van der Waals surface area contributed by atoms with Crippen LogP contribution in [0, 0.1) is 6.92 Å². The number of nitrogens with zero attached hydrogens (tertiary/aromatic N) is 3. The van der Waals surface area contributed by atoms with Gasteiger partial charge in [-0.3, -0.25) is 9.59 Å². The van der Waals surface area contributed by atoms with Crippen molar-refractivity contribution < 1.29 is 14.3 Å². The fraction of sp³-hybridized carbons (Fsp3) is 0.121. The molecule has 5 aromatic rings. The quantitative estimate of drug-likeness (QED) is 0.208. The molecule has 5 rings (SSSR count). The van der Waals surface area contributed by atoms with Crippen molar-refractivity contribution in [1.29, 1.82) is 0 Å². The molecule has 0 spiro atoms. The molecular weight excluding hydrogens is 536 g/mol. The summed E-state index contributed by atoms with van der Waals surface area (Å²) in [5.74, 6) is -0.393. The third-order valence-corrected chi connectivity index (χ3v) is 6.76. The number of carbonyl (C=O) groups excluding carboxylic acids is 2. The molecule has 41 heavy (non-hydrogen) atoms. The molecule has 8 heteroatoms. The Bertz CT molecular complexity index is 1720. The van der Waals surface area contributed by atoms with Crippen molar-refractivity contribution in [3.63, 3.8) is 0 Å². The van der Waals surface area contributed by atoms with Crippen LogP contribution >= 0.6 is 11.6 Å². The van der Waals surface area contributed by atoms with Gasteiger partial charge in [-0.1, -0.05) is 48.0 Å². The third-order valence-electron chi connectivity index (χ3n) is 6.50. The van der Waals surface area contributed by atoms with E-state index in [0.29, 0.717) is 33.4 Å². The predicted octanol–water partition coefficient (Wildman–Crippen LogP) is 7.41. The van der Waals surface area contributed by atoms with Gasteiger partial charge in [0.2, 0.25) is 5.88 Å². The van der Waals surface area contributed by atoms with E-state index in [4.69, 9.17) is 21.4 Å². The van der Waals surface area contributed by atoms with Crippen molar-refractivity contribution in [3.05, 3.63) is 113 Å². The first kappa shape index (κ1) is 27.7. The van der Waals surface area contributed by atoms with Crippen molar-refractivity contribution in [2.24, 2.45) is 0 Å². The lowest BCUT2D eigenvalue weighted by atomic mass is 10.0. The lowest BCUT2D eigenvalue weighted by Gasteiger charge is -2.14. The number of rotatable bonds is 7. The average Bonchev–Trinajstić information content (AvgIpc) is 3.32. The third kappa shape index (κ3) is 6.15. The fourth-order valence-corrected chi connectivity index (χ4v) is 4.61. The van der Waals surface area contributed by atoms with E-state index >= 15 is 0 Å². The molecule has 0 aliphatic heterocycles. The summed E-state index contributed by atoms with van der Waals surface area (Å²) in [6.45, 7) is 3.37. The first-order valence-electron chi connectivity index (χ1n) is 13.0. The largest absolute Gasteiger partial charge is 0.407 e. The van der Waals surface area contributed by atoms with Gasteiger partial charge in [-0.2, -0.15) is 9.78 Å². The molecule has 0 unspecified atom stereocenters. The highest BCUT2D eigenvalue weighted by molar-refractivity contribution is 6.30. The molecule has 0 saturated carbocycles. The first-order chi connectivity index (χ1) is 19.7. The summed E-state index contributed by atoms with van der Waals surface area (Å²) in [7, 11) is 3.96. The summed E-state index contributed by atoms with van der Waals surface area (Å²) in [6.07, 6.45) is 0. The maximum atomic E-state index is 12.7. The van der Waals surface area contributed by atoms with Crippen LogP contribution in [0.4, 0.5) is 11.4 Å². The number of anilines is 2. The SMILES string of the molecule is CC(=O)Oc1c(-c2ccc(NC(=O)c3ccc(Cl)cc3)cc2)c(-c2cccc(N(C)C)c2)nn1-c1cccc(C)c1. The minimum Gasteiger partial charge on any atom is -0.407 e. The van der Waals surface area contributed by atoms with Gasteiger partial charge in [-0.05, 0) is 78.7 Å². The molecule has 206 valence electrons. The summed E-state index contributed by atoms with van der Waals surface area (Å²) in [5, 5.41) is 8.46. The molecule has 0 aliphatic carbocycles. The Balaban J connectivity index is 1.63. The Hall–Kier alpha value is -4.88.